The topological polar surface area (TPSA) is 52.0 Å². The van der Waals surface area contributed by atoms with Gasteiger partial charge in [-0.25, -0.2) is 4.98 Å². The fourth-order valence-corrected chi connectivity index (χ4v) is 1.88. The number of hydrogen-bond acceptors (Lipinski definition) is 4. The Morgan fingerprint density at radius 3 is 3.06 bits per heavy atom. The summed E-state index contributed by atoms with van der Waals surface area (Å²) in [7, 11) is 2.17. The second-order valence-corrected chi connectivity index (χ2v) is 4.64. The molecule has 0 radical (unpaired) electrons. The van der Waals surface area contributed by atoms with Crippen LogP contribution in [0.2, 0.25) is 0 Å². The maximum Gasteiger partial charge on any atom is 0.163 e. The Balaban J connectivity index is 1.90. The van der Waals surface area contributed by atoms with Crippen molar-refractivity contribution in [1.82, 2.24) is 9.88 Å². The highest BCUT2D eigenvalue weighted by atomic mass is 15.2. The van der Waals surface area contributed by atoms with Crippen LogP contribution in [-0.2, 0) is 0 Å². The molecule has 1 aliphatic rings. The SMILES string of the molecule is CC(CNc1cccnc1C#N)N(C)C1CC1. The lowest BCUT2D eigenvalue weighted by Gasteiger charge is -2.25. The Bertz CT molecular complexity index is 420. The van der Waals surface area contributed by atoms with Gasteiger partial charge in [0.2, 0.25) is 0 Å². The first-order chi connectivity index (χ1) is 8.22. The highest BCUT2D eigenvalue weighted by Crippen LogP contribution is 2.27. The maximum absolute atomic E-state index is 8.93. The first-order valence-electron chi connectivity index (χ1n) is 6.03. The van der Waals surface area contributed by atoms with E-state index >= 15 is 0 Å². The van der Waals surface area contributed by atoms with Crippen molar-refractivity contribution in [1.29, 1.82) is 5.26 Å². The van der Waals surface area contributed by atoms with Gasteiger partial charge in [-0.15, -0.1) is 0 Å². The van der Waals surface area contributed by atoms with Crippen molar-refractivity contribution in [2.45, 2.75) is 31.8 Å². The van der Waals surface area contributed by atoms with Crippen LogP contribution in [0.3, 0.4) is 0 Å². The summed E-state index contributed by atoms with van der Waals surface area (Å²) in [6.07, 6.45) is 4.28. The Morgan fingerprint density at radius 1 is 1.65 bits per heavy atom. The van der Waals surface area contributed by atoms with E-state index in [9.17, 15) is 0 Å². The molecule has 0 aliphatic heterocycles. The minimum absolute atomic E-state index is 0.466. The van der Waals surface area contributed by atoms with Crippen molar-refractivity contribution < 1.29 is 0 Å². The minimum Gasteiger partial charge on any atom is -0.381 e. The molecular weight excluding hydrogens is 212 g/mol. The van der Waals surface area contributed by atoms with Crippen LogP contribution in [0.5, 0.6) is 0 Å². The molecule has 1 aromatic rings. The monoisotopic (exact) mass is 230 g/mol. The number of aromatic nitrogens is 1. The molecule has 90 valence electrons. The van der Waals surface area contributed by atoms with Gasteiger partial charge in [-0.05, 0) is 38.9 Å². The first-order valence-corrected chi connectivity index (χ1v) is 6.03. The second kappa shape index (κ2) is 5.15. The van der Waals surface area contributed by atoms with Crippen molar-refractivity contribution in [3.8, 4) is 6.07 Å². The Hall–Kier alpha value is -1.60. The van der Waals surface area contributed by atoms with Crippen molar-refractivity contribution >= 4 is 5.69 Å². The molecule has 1 heterocycles. The zero-order chi connectivity index (χ0) is 12.3. The molecule has 1 atom stereocenters. The summed E-state index contributed by atoms with van der Waals surface area (Å²) in [4.78, 5) is 6.43. The highest BCUT2D eigenvalue weighted by Gasteiger charge is 2.28. The molecular formula is C13H18N4. The number of hydrogen-bond donors (Lipinski definition) is 1. The van der Waals surface area contributed by atoms with Gasteiger partial charge in [0.25, 0.3) is 0 Å². The molecule has 0 spiro atoms. The first kappa shape index (κ1) is 11.9. The molecule has 4 heteroatoms. The second-order valence-electron chi connectivity index (χ2n) is 4.64. The van der Waals surface area contributed by atoms with Crippen molar-refractivity contribution in [2.75, 3.05) is 18.9 Å². The van der Waals surface area contributed by atoms with E-state index in [1.165, 1.54) is 12.8 Å². The zero-order valence-electron chi connectivity index (χ0n) is 10.3. The lowest BCUT2D eigenvalue weighted by atomic mass is 10.2. The predicted molar refractivity (Wildman–Crippen MR) is 67.7 cm³/mol. The van der Waals surface area contributed by atoms with E-state index in [1.54, 1.807) is 6.20 Å². The molecule has 0 bridgehead atoms. The van der Waals surface area contributed by atoms with Gasteiger partial charge in [-0.1, -0.05) is 0 Å². The number of nitrogens with zero attached hydrogens (tertiary/aromatic N) is 3. The van der Waals surface area contributed by atoms with E-state index in [4.69, 9.17) is 5.26 Å². The van der Waals surface area contributed by atoms with Gasteiger partial charge in [0, 0.05) is 24.8 Å². The largest absolute Gasteiger partial charge is 0.381 e. The van der Waals surface area contributed by atoms with E-state index in [2.05, 4.69) is 35.2 Å². The molecule has 1 aliphatic carbocycles. The highest BCUT2D eigenvalue weighted by molar-refractivity contribution is 5.53. The van der Waals surface area contributed by atoms with Crippen LogP contribution in [0.1, 0.15) is 25.5 Å². The van der Waals surface area contributed by atoms with Crippen LogP contribution in [0.4, 0.5) is 5.69 Å². The Labute approximate surface area is 102 Å². The van der Waals surface area contributed by atoms with Crippen molar-refractivity contribution in [3.63, 3.8) is 0 Å². The number of nitriles is 1. The number of rotatable bonds is 5. The standard InChI is InChI=1S/C13H18N4/c1-10(17(2)11-5-6-11)9-16-12-4-3-7-15-13(12)8-14/h3-4,7,10-11,16H,5-6,9H2,1-2H3. The maximum atomic E-state index is 8.93. The summed E-state index contributed by atoms with van der Waals surface area (Å²) in [5.74, 6) is 0. The Morgan fingerprint density at radius 2 is 2.41 bits per heavy atom. The normalized spacial score (nSPS) is 16.6. The van der Waals surface area contributed by atoms with Crippen LogP contribution in [0, 0.1) is 11.3 Å². The third kappa shape index (κ3) is 2.95. The van der Waals surface area contributed by atoms with Gasteiger partial charge >= 0.3 is 0 Å². The van der Waals surface area contributed by atoms with E-state index in [1.807, 2.05) is 12.1 Å². The van der Waals surface area contributed by atoms with Gasteiger partial charge in [-0.3, -0.25) is 4.90 Å². The van der Waals surface area contributed by atoms with Crippen LogP contribution in [0.25, 0.3) is 0 Å². The summed E-state index contributed by atoms with van der Waals surface area (Å²) < 4.78 is 0. The molecule has 0 amide bonds. The average molecular weight is 230 g/mol. The number of anilines is 1. The molecule has 1 saturated carbocycles. The number of pyridine rings is 1. The van der Waals surface area contributed by atoms with Crippen molar-refractivity contribution in [2.24, 2.45) is 0 Å². The number of nitrogens with one attached hydrogen (secondary N) is 1. The molecule has 1 unspecified atom stereocenters. The summed E-state index contributed by atoms with van der Waals surface area (Å²) >= 11 is 0. The fourth-order valence-electron chi connectivity index (χ4n) is 1.88. The quantitative estimate of drug-likeness (QED) is 0.838. The smallest absolute Gasteiger partial charge is 0.163 e. The molecule has 0 saturated heterocycles. The van der Waals surface area contributed by atoms with Gasteiger partial charge in [-0.2, -0.15) is 5.26 Å². The summed E-state index contributed by atoms with van der Waals surface area (Å²) in [5, 5.41) is 12.2. The molecule has 1 aromatic heterocycles. The van der Waals surface area contributed by atoms with Crippen molar-refractivity contribution in [3.05, 3.63) is 24.0 Å². The summed E-state index contributed by atoms with van der Waals surface area (Å²) in [6, 6.07) is 7.07. The van der Waals surface area contributed by atoms with Gasteiger partial charge in [0.05, 0.1) is 5.69 Å². The van der Waals surface area contributed by atoms with E-state index in [0.717, 1.165) is 18.3 Å². The number of likely N-dealkylation sites (N-methyl/N-ethyl adjacent to an activating group) is 1. The van der Waals surface area contributed by atoms with Crippen LogP contribution >= 0.6 is 0 Å². The van der Waals surface area contributed by atoms with E-state index < -0.39 is 0 Å². The molecule has 1 fully saturated rings. The molecule has 4 nitrogen and oxygen atoms in total. The van der Waals surface area contributed by atoms with Gasteiger partial charge < -0.3 is 5.32 Å². The van der Waals surface area contributed by atoms with E-state index in [-0.39, 0.29) is 0 Å². The molecule has 2 rings (SSSR count). The fraction of sp³-hybridized carbons (Fsp3) is 0.538. The Kier molecular flexibility index (Phi) is 3.60. The average Bonchev–Trinajstić information content (AvgIpc) is 3.19. The summed E-state index contributed by atoms with van der Waals surface area (Å²) in [6.45, 7) is 3.04. The molecule has 17 heavy (non-hydrogen) atoms. The zero-order valence-corrected chi connectivity index (χ0v) is 10.3. The third-order valence-electron chi connectivity index (χ3n) is 3.32. The third-order valence-corrected chi connectivity index (χ3v) is 3.32. The van der Waals surface area contributed by atoms with Crippen LogP contribution < -0.4 is 5.32 Å². The predicted octanol–water partition coefficient (Wildman–Crippen LogP) is 1.85. The lowest BCUT2D eigenvalue weighted by Crippen LogP contribution is -2.36. The van der Waals surface area contributed by atoms with Crippen LogP contribution in [0.15, 0.2) is 18.3 Å². The van der Waals surface area contributed by atoms with Crippen LogP contribution in [-0.4, -0.2) is 35.6 Å². The lowest BCUT2D eigenvalue weighted by molar-refractivity contribution is 0.257. The van der Waals surface area contributed by atoms with Gasteiger partial charge in [0.15, 0.2) is 5.69 Å². The summed E-state index contributed by atoms with van der Waals surface area (Å²) in [5.41, 5.74) is 1.29. The van der Waals surface area contributed by atoms with E-state index in [0.29, 0.717) is 11.7 Å². The van der Waals surface area contributed by atoms with Gasteiger partial charge in [0.1, 0.15) is 6.07 Å². The molecule has 1 N–H and O–H groups in total. The molecule has 0 aromatic carbocycles. The minimum atomic E-state index is 0.466.